The number of nitrogens with two attached hydrogens (primary N) is 1. The number of rotatable bonds is 2. The Kier molecular flexibility index (Phi) is 4.34. The van der Waals surface area contributed by atoms with E-state index >= 15 is 0 Å². The lowest BCUT2D eigenvalue weighted by Crippen LogP contribution is -2.31. The summed E-state index contributed by atoms with van der Waals surface area (Å²) in [6, 6.07) is 16.2. The van der Waals surface area contributed by atoms with Crippen molar-refractivity contribution in [1.29, 1.82) is 0 Å². The van der Waals surface area contributed by atoms with E-state index in [1.165, 1.54) is 11.1 Å². The molecule has 0 heterocycles. The quantitative estimate of drug-likeness (QED) is 0.801. The molecule has 108 valence electrons. The van der Waals surface area contributed by atoms with E-state index in [4.69, 9.17) is 28.9 Å². The molecule has 0 spiro atoms. The Morgan fingerprint density at radius 1 is 1.00 bits per heavy atom. The Morgan fingerprint density at radius 2 is 1.76 bits per heavy atom. The van der Waals surface area contributed by atoms with E-state index < -0.39 is 0 Å². The van der Waals surface area contributed by atoms with Crippen molar-refractivity contribution in [3.63, 3.8) is 0 Å². The molecule has 1 aliphatic rings. The first-order valence-corrected chi connectivity index (χ1v) is 7.85. The zero-order valence-electron chi connectivity index (χ0n) is 11.6. The van der Waals surface area contributed by atoms with Crippen LogP contribution in [0.1, 0.15) is 29.9 Å². The highest BCUT2D eigenvalue weighted by Gasteiger charge is 2.26. The molecule has 0 saturated heterocycles. The highest BCUT2D eigenvalue weighted by Crippen LogP contribution is 2.38. The molecule has 2 aromatic carbocycles. The Bertz CT molecular complexity index is 664. The summed E-state index contributed by atoms with van der Waals surface area (Å²) in [5.74, 6) is 0.252. The first-order valence-electron chi connectivity index (χ1n) is 7.10. The maximum atomic E-state index is 6.41. The second kappa shape index (κ2) is 6.23. The average Bonchev–Trinajstić information content (AvgIpc) is 2.49. The van der Waals surface area contributed by atoms with Crippen molar-refractivity contribution in [2.75, 3.05) is 0 Å². The monoisotopic (exact) mass is 317 g/mol. The first kappa shape index (κ1) is 14.6. The van der Waals surface area contributed by atoms with Crippen LogP contribution in [-0.4, -0.2) is 6.04 Å². The fourth-order valence-electron chi connectivity index (χ4n) is 2.97. The van der Waals surface area contributed by atoms with Crippen molar-refractivity contribution in [2.45, 2.75) is 24.8 Å². The van der Waals surface area contributed by atoms with Gasteiger partial charge in [0.25, 0.3) is 0 Å². The second-order valence-electron chi connectivity index (χ2n) is 5.47. The zero-order valence-corrected chi connectivity index (χ0v) is 13.1. The van der Waals surface area contributed by atoms with E-state index in [0.29, 0.717) is 10.0 Å². The summed E-state index contributed by atoms with van der Waals surface area (Å²) in [5, 5.41) is 1.37. The molecule has 0 aromatic heterocycles. The van der Waals surface area contributed by atoms with Gasteiger partial charge in [0, 0.05) is 22.0 Å². The molecule has 0 radical (unpaired) electrons. The molecule has 1 nitrogen and oxygen atoms in total. The van der Waals surface area contributed by atoms with Gasteiger partial charge in [0.15, 0.2) is 0 Å². The highest BCUT2D eigenvalue weighted by molar-refractivity contribution is 6.35. The van der Waals surface area contributed by atoms with Crippen molar-refractivity contribution in [2.24, 2.45) is 5.73 Å². The smallest absolute Gasteiger partial charge is 0.0456 e. The van der Waals surface area contributed by atoms with Crippen LogP contribution in [0.25, 0.3) is 5.57 Å². The van der Waals surface area contributed by atoms with Crippen LogP contribution >= 0.6 is 23.2 Å². The fourth-order valence-corrected chi connectivity index (χ4v) is 3.52. The van der Waals surface area contributed by atoms with Gasteiger partial charge in [-0.05, 0) is 41.7 Å². The molecule has 21 heavy (non-hydrogen) atoms. The normalized spacial score (nSPS) is 22.0. The minimum atomic E-state index is 0.0730. The molecule has 0 aliphatic heterocycles. The topological polar surface area (TPSA) is 26.0 Å². The largest absolute Gasteiger partial charge is 0.327 e. The number of hydrogen-bond acceptors (Lipinski definition) is 1. The zero-order chi connectivity index (χ0) is 14.8. The molecule has 3 heteroatoms. The van der Waals surface area contributed by atoms with Crippen molar-refractivity contribution in [3.05, 3.63) is 75.8 Å². The van der Waals surface area contributed by atoms with Gasteiger partial charge in [0.1, 0.15) is 0 Å². The Hall–Kier alpha value is -1.28. The van der Waals surface area contributed by atoms with Crippen molar-refractivity contribution in [1.82, 2.24) is 0 Å². The first-order chi connectivity index (χ1) is 10.1. The van der Waals surface area contributed by atoms with Crippen LogP contribution in [0, 0.1) is 0 Å². The predicted octanol–water partition coefficient (Wildman–Crippen LogP) is 5.28. The Balaban J connectivity index is 1.86. The average molecular weight is 318 g/mol. The lowest BCUT2D eigenvalue weighted by Gasteiger charge is -2.30. The van der Waals surface area contributed by atoms with Gasteiger partial charge in [-0.3, -0.25) is 0 Å². The molecule has 2 N–H and O–H groups in total. The van der Waals surface area contributed by atoms with E-state index in [-0.39, 0.29) is 12.0 Å². The van der Waals surface area contributed by atoms with Crippen LogP contribution in [0.15, 0.2) is 54.6 Å². The molecule has 3 rings (SSSR count). The van der Waals surface area contributed by atoms with E-state index in [1.807, 2.05) is 18.2 Å². The summed E-state index contributed by atoms with van der Waals surface area (Å²) >= 11 is 12.3. The summed E-state index contributed by atoms with van der Waals surface area (Å²) in [6.07, 6.45) is 4.06. The van der Waals surface area contributed by atoms with Crippen LogP contribution < -0.4 is 5.73 Å². The number of benzene rings is 2. The lowest BCUT2D eigenvalue weighted by atomic mass is 9.79. The summed E-state index contributed by atoms with van der Waals surface area (Å²) in [6.45, 7) is 0. The maximum Gasteiger partial charge on any atom is 0.0456 e. The summed E-state index contributed by atoms with van der Waals surface area (Å²) in [4.78, 5) is 0. The Labute approximate surface area is 135 Å². The van der Waals surface area contributed by atoms with Gasteiger partial charge >= 0.3 is 0 Å². The Morgan fingerprint density at radius 3 is 2.43 bits per heavy atom. The molecule has 1 aliphatic carbocycles. The molecule has 2 unspecified atom stereocenters. The maximum absolute atomic E-state index is 6.41. The summed E-state index contributed by atoms with van der Waals surface area (Å²) in [5.41, 5.74) is 10.1. The standard InChI is InChI=1S/C18H17Cl2N/c19-14-7-9-15(17(20)11-14)16-8-6-13(10-18(16)21)12-4-2-1-3-5-12/h1-7,9,11,16,18H,8,10,21H2. The van der Waals surface area contributed by atoms with Crippen LogP contribution in [0.2, 0.25) is 10.0 Å². The van der Waals surface area contributed by atoms with Gasteiger partial charge in [-0.1, -0.05) is 65.7 Å². The third-order valence-corrected chi connectivity index (χ3v) is 4.66. The van der Waals surface area contributed by atoms with Crippen LogP contribution in [0.4, 0.5) is 0 Å². The van der Waals surface area contributed by atoms with Crippen LogP contribution in [0.3, 0.4) is 0 Å². The van der Waals surface area contributed by atoms with Crippen molar-refractivity contribution in [3.8, 4) is 0 Å². The minimum Gasteiger partial charge on any atom is -0.327 e. The lowest BCUT2D eigenvalue weighted by molar-refractivity contribution is 0.529. The van der Waals surface area contributed by atoms with E-state index in [9.17, 15) is 0 Å². The van der Waals surface area contributed by atoms with E-state index in [1.54, 1.807) is 6.07 Å². The molecule has 0 amide bonds. The highest BCUT2D eigenvalue weighted by atomic mass is 35.5. The predicted molar refractivity (Wildman–Crippen MR) is 90.8 cm³/mol. The van der Waals surface area contributed by atoms with Gasteiger partial charge in [-0.2, -0.15) is 0 Å². The molecule has 0 bridgehead atoms. The minimum absolute atomic E-state index is 0.0730. The number of hydrogen-bond donors (Lipinski definition) is 1. The molecule has 0 saturated carbocycles. The van der Waals surface area contributed by atoms with Crippen molar-refractivity contribution < 1.29 is 0 Å². The van der Waals surface area contributed by atoms with E-state index in [0.717, 1.165) is 18.4 Å². The molecular formula is C18H17Cl2N. The van der Waals surface area contributed by atoms with Gasteiger partial charge in [-0.25, -0.2) is 0 Å². The van der Waals surface area contributed by atoms with E-state index in [2.05, 4.69) is 30.3 Å². The SMILES string of the molecule is NC1CC(c2ccccc2)=CCC1c1ccc(Cl)cc1Cl. The van der Waals surface area contributed by atoms with Crippen LogP contribution in [0.5, 0.6) is 0 Å². The van der Waals surface area contributed by atoms with Gasteiger partial charge in [0.05, 0.1) is 0 Å². The van der Waals surface area contributed by atoms with Crippen molar-refractivity contribution >= 4 is 28.8 Å². The molecule has 0 fully saturated rings. The van der Waals surface area contributed by atoms with Crippen LogP contribution in [-0.2, 0) is 0 Å². The second-order valence-corrected chi connectivity index (χ2v) is 6.32. The summed E-state index contributed by atoms with van der Waals surface area (Å²) < 4.78 is 0. The third kappa shape index (κ3) is 3.16. The van der Waals surface area contributed by atoms with Gasteiger partial charge in [0.2, 0.25) is 0 Å². The molecule has 2 aromatic rings. The number of halogens is 2. The third-order valence-electron chi connectivity index (χ3n) is 4.10. The fraction of sp³-hybridized carbons (Fsp3) is 0.222. The molecule has 2 atom stereocenters. The molecular weight excluding hydrogens is 301 g/mol. The number of allylic oxidation sites excluding steroid dienone is 1. The summed E-state index contributed by atoms with van der Waals surface area (Å²) in [7, 11) is 0. The van der Waals surface area contributed by atoms with Gasteiger partial charge in [-0.15, -0.1) is 0 Å². The van der Waals surface area contributed by atoms with Gasteiger partial charge < -0.3 is 5.73 Å².